The Kier molecular flexibility index (Phi) is 5.39. The highest BCUT2D eigenvalue weighted by Gasteiger charge is 2.25. The Morgan fingerprint density at radius 1 is 1.52 bits per heavy atom. The first-order valence-corrected chi connectivity index (χ1v) is 7.28. The molecule has 0 aromatic heterocycles. The van der Waals surface area contributed by atoms with Gasteiger partial charge in [-0.1, -0.05) is 6.08 Å². The molecule has 0 heterocycles. The van der Waals surface area contributed by atoms with Crippen LogP contribution in [0.2, 0.25) is 0 Å². The van der Waals surface area contributed by atoms with E-state index in [1.807, 2.05) is 0 Å². The molecule has 0 aliphatic rings. The van der Waals surface area contributed by atoms with Crippen molar-refractivity contribution >= 4 is 15.9 Å². The minimum absolute atomic E-state index is 0.153. The summed E-state index contributed by atoms with van der Waals surface area (Å²) in [5.41, 5.74) is 0. The fourth-order valence-corrected chi connectivity index (χ4v) is 2.09. The van der Waals surface area contributed by atoms with E-state index in [1.165, 1.54) is 13.0 Å². The number of hydrogen-bond acceptors (Lipinski definition) is 4. The van der Waals surface area contributed by atoms with Crippen molar-refractivity contribution in [3.05, 3.63) is 36.4 Å². The summed E-state index contributed by atoms with van der Waals surface area (Å²) in [5.74, 6) is -3.84. The van der Waals surface area contributed by atoms with Crippen molar-refractivity contribution in [1.82, 2.24) is 5.32 Å². The van der Waals surface area contributed by atoms with Crippen molar-refractivity contribution in [3.63, 3.8) is 0 Å². The minimum atomic E-state index is -4.42. The lowest BCUT2D eigenvalue weighted by Gasteiger charge is -2.16. The van der Waals surface area contributed by atoms with Crippen LogP contribution < -0.4 is 15.2 Å². The highest BCUT2D eigenvalue weighted by atomic mass is 32.2. The Bertz CT molecular complexity index is 661. The zero-order valence-electron chi connectivity index (χ0n) is 11.1. The second-order valence-corrected chi connectivity index (χ2v) is 5.58. The summed E-state index contributed by atoms with van der Waals surface area (Å²) < 4.78 is 54.4. The van der Waals surface area contributed by atoms with Crippen molar-refractivity contribution in [1.29, 1.82) is 0 Å². The smallest absolute Gasteiger partial charge is 0.261 e. The predicted octanol–water partition coefficient (Wildman–Crippen LogP) is 0.682. The third-order valence-electron chi connectivity index (χ3n) is 2.37. The summed E-state index contributed by atoms with van der Waals surface area (Å²) in [5, 5.41) is 7.25. The van der Waals surface area contributed by atoms with E-state index in [1.54, 1.807) is 0 Å². The van der Waals surface area contributed by atoms with Crippen molar-refractivity contribution in [2.24, 2.45) is 5.14 Å². The molecule has 1 aromatic carbocycles. The number of nitrogens with one attached hydrogen (secondary N) is 1. The molecule has 0 saturated heterocycles. The van der Waals surface area contributed by atoms with Gasteiger partial charge in [-0.05, 0) is 13.0 Å². The highest BCUT2D eigenvalue weighted by molar-refractivity contribution is 7.89. The number of nitrogens with two attached hydrogens (primary N) is 1. The van der Waals surface area contributed by atoms with Crippen molar-refractivity contribution < 1.29 is 26.7 Å². The van der Waals surface area contributed by atoms with E-state index >= 15 is 0 Å². The van der Waals surface area contributed by atoms with E-state index in [0.717, 1.165) is 0 Å². The standard InChI is InChI=1S/C12H14F2N2O4S/c1-3-4-16-12(17)7(2)20-11-9(14)5-8(13)6-10(11)21(15,18)19/h3,5-7H,1,4H2,2H3,(H,16,17)(H2,15,18,19). The van der Waals surface area contributed by atoms with Gasteiger partial charge in [0, 0.05) is 12.6 Å². The number of ether oxygens (including phenoxy) is 1. The number of amides is 1. The topological polar surface area (TPSA) is 98.5 Å². The number of benzene rings is 1. The summed E-state index contributed by atoms with van der Waals surface area (Å²) in [6, 6.07) is 0.945. The molecule has 0 saturated carbocycles. The van der Waals surface area contributed by atoms with Gasteiger partial charge in [-0.2, -0.15) is 0 Å². The monoisotopic (exact) mass is 320 g/mol. The Morgan fingerprint density at radius 2 is 2.14 bits per heavy atom. The molecule has 6 nitrogen and oxygen atoms in total. The summed E-state index contributed by atoms with van der Waals surface area (Å²) >= 11 is 0. The first kappa shape index (κ1) is 17.1. The number of primary sulfonamides is 1. The first-order chi connectivity index (χ1) is 9.66. The zero-order valence-corrected chi connectivity index (χ0v) is 11.9. The van der Waals surface area contributed by atoms with Crippen LogP contribution >= 0.6 is 0 Å². The molecule has 0 fully saturated rings. The second kappa shape index (κ2) is 6.64. The predicted molar refractivity (Wildman–Crippen MR) is 71.0 cm³/mol. The molecule has 0 radical (unpaired) electrons. The van der Waals surface area contributed by atoms with Gasteiger partial charge >= 0.3 is 0 Å². The molecule has 0 spiro atoms. The molecule has 1 rings (SSSR count). The molecule has 0 aliphatic heterocycles. The third-order valence-corrected chi connectivity index (χ3v) is 3.28. The zero-order chi connectivity index (χ0) is 16.2. The summed E-state index contributed by atoms with van der Waals surface area (Å²) in [4.78, 5) is 10.7. The van der Waals surface area contributed by atoms with Crippen LogP contribution in [0.4, 0.5) is 8.78 Å². The minimum Gasteiger partial charge on any atom is -0.476 e. The van der Waals surface area contributed by atoms with Gasteiger partial charge in [-0.25, -0.2) is 22.3 Å². The van der Waals surface area contributed by atoms with Crippen LogP contribution in [-0.2, 0) is 14.8 Å². The van der Waals surface area contributed by atoms with Gasteiger partial charge in [0.1, 0.15) is 10.7 Å². The SMILES string of the molecule is C=CCNC(=O)C(C)Oc1c(F)cc(F)cc1S(N)(=O)=O. The lowest BCUT2D eigenvalue weighted by molar-refractivity contribution is -0.127. The van der Waals surface area contributed by atoms with E-state index in [2.05, 4.69) is 11.9 Å². The van der Waals surface area contributed by atoms with Gasteiger partial charge < -0.3 is 10.1 Å². The Balaban J connectivity index is 3.13. The van der Waals surface area contributed by atoms with Crippen LogP contribution in [-0.4, -0.2) is 27.0 Å². The molecule has 1 unspecified atom stereocenters. The van der Waals surface area contributed by atoms with Gasteiger partial charge in [-0.3, -0.25) is 4.79 Å². The Hall–Kier alpha value is -2.00. The summed E-state index contributed by atoms with van der Waals surface area (Å²) in [7, 11) is -4.42. The van der Waals surface area contributed by atoms with Crippen LogP contribution in [0.15, 0.2) is 29.7 Å². The number of hydrogen-bond donors (Lipinski definition) is 2. The molecule has 21 heavy (non-hydrogen) atoms. The van der Waals surface area contributed by atoms with Gasteiger partial charge in [0.05, 0.1) is 0 Å². The maximum absolute atomic E-state index is 13.7. The van der Waals surface area contributed by atoms with Gasteiger partial charge in [0.25, 0.3) is 5.91 Å². The molecule has 1 aromatic rings. The molecule has 3 N–H and O–H groups in total. The lowest BCUT2D eigenvalue weighted by Crippen LogP contribution is -2.36. The normalized spacial score (nSPS) is 12.6. The van der Waals surface area contributed by atoms with Crippen molar-refractivity contribution in [2.75, 3.05) is 6.54 Å². The molecule has 1 atom stereocenters. The third kappa shape index (κ3) is 4.50. The Labute approximate surface area is 120 Å². The van der Waals surface area contributed by atoms with Crippen LogP contribution in [0.5, 0.6) is 5.75 Å². The fourth-order valence-electron chi connectivity index (χ4n) is 1.41. The van der Waals surface area contributed by atoms with E-state index < -0.39 is 44.3 Å². The quantitative estimate of drug-likeness (QED) is 0.753. The number of carbonyl (C=O) groups is 1. The fraction of sp³-hybridized carbons (Fsp3) is 0.250. The molecular formula is C12H14F2N2O4S. The molecular weight excluding hydrogens is 306 g/mol. The summed E-state index contributed by atoms with van der Waals surface area (Å²) in [6.07, 6.45) is 0.198. The molecule has 1 amide bonds. The maximum Gasteiger partial charge on any atom is 0.261 e. The summed E-state index contributed by atoms with van der Waals surface area (Å²) in [6.45, 7) is 4.82. The molecule has 9 heteroatoms. The maximum atomic E-state index is 13.7. The number of rotatable bonds is 6. The average molecular weight is 320 g/mol. The number of halogens is 2. The van der Waals surface area contributed by atoms with Crippen LogP contribution in [0, 0.1) is 11.6 Å². The van der Waals surface area contributed by atoms with Gasteiger partial charge in [0.2, 0.25) is 10.0 Å². The van der Waals surface area contributed by atoms with E-state index in [4.69, 9.17) is 9.88 Å². The van der Waals surface area contributed by atoms with Gasteiger partial charge in [0.15, 0.2) is 17.7 Å². The van der Waals surface area contributed by atoms with Crippen LogP contribution in [0.1, 0.15) is 6.92 Å². The highest BCUT2D eigenvalue weighted by Crippen LogP contribution is 2.28. The first-order valence-electron chi connectivity index (χ1n) is 5.74. The van der Waals surface area contributed by atoms with E-state index in [9.17, 15) is 22.0 Å². The van der Waals surface area contributed by atoms with E-state index in [-0.39, 0.29) is 6.54 Å². The molecule has 0 bridgehead atoms. The number of sulfonamides is 1. The largest absolute Gasteiger partial charge is 0.476 e. The lowest BCUT2D eigenvalue weighted by atomic mass is 10.3. The molecule has 116 valence electrons. The Morgan fingerprint density at radius 3 is 2.67 bits per heavy atom. The van der Waals surface area contributed by atoms with Crippen molar-refractivity contribution in [2.45, 2.75) is 17.9 Å². The van der Waals surface area contributed by atoms with E-state index in [0.29, 0.717) is 12.1 Å². The molecule has 0 aliphatic carbocycles. The van der Waals surface area contributed by atoms with Crippen LogP contribution in [0.3, 0.4) is 0 Å². The van der Waals surface area contributed by atoms with Crippen molar-refractivity contribution in [3.8, 4) is 5.75 Å². The average Bonchev–Trinajstić information content (AvgIpc) is 2.37. The second-order valence-electron chi connectivity index (χ2n) is 4.05. The van der Waals surface area contributed by atoms with Gasteiger partial charge in [-0.15, -0.1) is 6.58 Å². The van der Waals surface area contributed by atoms with Crippen LogP contribution in [0.25, 0.3) is 0 Å². The number of carbonyl (C=O) groups excluding carboxylic acids is 1.